The predicted octanol–water partition coefficient (Wildman–Crippen LogP) is 1.39. The molecule has 0 aromatic rings. The lowest BCUT2D eigenvalue weighted by Crippen LogP contribution is -2.46. The van der Waals surface area contributed by atoms with Crippen LogP contribution in [0.15, 0.2) is 12.2 Å². The summed E-state index contributed by atoms with van der Waals surface area (Å²) in [7, 11) is 1.70. The van der Waals surface area contributed by atoms with Crippen LogP contribution < -0.4 is 0 Å². The maximum absolute atomic E-state index is 12.8. The van der Waals surface area contributed by atoms with E-state index in [9.17, 15) is 14.7 Å². The highest BCUT2D eigenvalue weighted by molar-refractivity contribution is 5.87. The Morgan fingerprint density at radius 2 is 1.81 bits per heavy atom. The van der Waals surface area contributed by atoms with Crippen molar-refractivity contribution in [1.82, 2.24) is 4.90 Å². The summed E-state index contributed by atoms with van der Waals surface area (Å²) < 4.78 is 5.18. The first-order chi connectivity index (χ1) is 10.1. The fourth-order valence-corrected chi connectivity index (χ4v) is 4.26. The van der Waals surface area contributed by atoms with Gasteiger partial charge in [-0.2, -0.15) is 0 Å². The van der Waals surface area contributed by atoms with Gasteiger partial charge in [0.1, 0.15) is 0 Å². The number of nitrogens with zero attached hydrogens (tertiary/aromatic N) is 1. The highest BCUT2D eigenvalue weighted by Crippen LogP contribution is 2.49. The van der Waals surface area contributed by atoms with Gasteiger partial charge in [-0.1, -0.05) is 12.2 Å². The molecule has 4 atom stereocenters. The lowest BCUT2D eigenvalue weighted by molar-refractivity contribution is -0.151. The minimum atomic E-state index is -0.820. The van der Waals surface area contributed by atoms with Crippen molar-refractivity contribution in [3.05, 3.63) is 12.2 Å². The number of carbonyl (C=O) groups is 2. The lowest BCUT2D eigenvalue weighted by Gasteiger charge is -2.35. The number of hydrogen-bond acceptors (Lipinski definition) is 3. The third-order valence-electron chi connectivity index (χ3n) is 5.36. The number of carboxylic acid groups (broad SMARTS) is 1. The number of piperidine rings is 1. The summed E-state index contributed by atoms with van der Waals surface area (Å²) >= 11 is 0. The summed E-state index contributed by atoms with van der Waals surface area (Å²) in [5, 5.41) is 9.44. The number of amides is 1. The van der Waals surface area contributed by atoms with Gasteiger partial charge >= 0.3 is 5.97 Å². The Labute approximate surface area is 124 Å². The summed E-state index contributed by atoms with van der Waals surface area (Å²) in [6, 6.07) is 0. The van der Waals surface area contributed by atoms with Crippen LogP contribution in [0.1, 0.15) is 19.3 Å². The third kappa shape index (κ3) is 2.59. The summed E-state index contributed by atoms with van der Waals surface area (Å²) in [6.07, 6.45) is 6.76. The number of allylic oxidation sites excluding steroid dienone is 2. The van der Waals surface area contributed by atoms with Crippen LogP contribution in [0.5, 0.6) is 0 Å². The van der Waals surface area contributed by atoms with Gasteiger partial charge in [0.15, 0.2) is 0 Å². The van der Waals surface area contributed by atoms with Gasteiger partial charge < -0.3 is 14.7 Å². The first-order valence-corrected chi connectivity index (χ1v) is 7.80. The van der Waals surface area contributed by atoms with Crippen LogP contribution in [0.3, 0.4) is 0 Å². The van der Waals surface area contributed by atoms with Crippen molar-refractivity contribution in [3.8, 4) is 0 Å². The number of fused-ring (bicyclic) bond motifs is 2. The second-order valence-corrected chi connectivity index (χ2v) is 6.56. The summed E-state index contributed by atoms with van der Waals surface area (Å²) in [6.45, 7) is 2.21. The molecule has 1 amide bonds. The number of carbonyl (C=O) groups excluding carboxylic acids is 1. The number of ether oxygens (including phenoxy) is 1. The number of hydrogen-bond donors (Lipinski definition) is 1. The largest absolute Gasteiger partial charge is 0.481 e. The monoisotopic (exact) mass is 293 g/mol. The van der Waals surface area contributed by atoms with Gasteiger partial charge in [0.05, 0.1) is 11.8 Å². The zero-order valence-electron chi connectivity index (χ0n) is 12.4. The van der Waals surface area contributed by atoms with Crippen molar-refractivity contribution in [2.75, 3.05) is 26.8 Å². The van der Waals surface area contributed by atoms with E-state index >= 15 is 0 Å². The molecule has 1 saturated heterocycles. The average Bonchev–Trinajstić information content (AvgIpc) is 3.08. The van der Waals surface area contributed by atoms with Crippen molar-refractivity contribution < 1.29 is 19.4 Å². The molecule has 0 radical (unpaired) electrons. The average molecular weight is 293 g/mol. The standard InChI is InChI=1S/C16H23NO4/c1-21-9-10-4-6-17(7-5-10)15(18)13-11-2-3-12(8-11)14(13)16(19)20/h2-3,10-14H,4-9H2,1H3,(H,19,20)/t11?,12?,13-,14+/m0/s1. The fourth-order valence-electron chi connectivity index (χ4n) is 4.26. The van der Waals surface area contributed by atoms with Crippen LogP contribution >= 0.6 is 0 Å². The molecule has 1 N–H and O–H groups in total. The normalized spacial score (nSPS) is 35.4. The van der Waals surface area contributed by atoms with Crippen molar-refractivity contribution in [2.24, 2.45) is 29.6 Å². The van der Waals surface area contributed by atoms with Crippen molar-refractivity contribution in [1.29, 1.82) is 0 Å². The number of methoxy groups -OCH3 is 1. The van der Waals surface area contributed by atoms with E-state index in [4.69, 9.17) is 4.74 Å². The van der Waals surface area contributed by atoms with E-state index in [-0.39, 0.29) is 23.7 Å². The second-order valence-electron chi connectivity index (χ2n) is 6.56. The number of rotatable bonds is 4. The van der Waals surface area contributed by atoms with Gasteiger partial charge in [0.2, 0.25) is 5.91 Å². The highest BCUT2D eigenvalue weighted by atomic mass is 16.5. The molecule has 1 saturated carbocycles. The van der Waals surface area contributed by atoms with Crippen LogP contribution in [0, 0.1) is 29.6 Å². The molecular weight excluding hydrogens is 270 g/mol. The van der Waals surface area contributed by atoms with E-state index < -0.39 is 11.9 Å². The first kappa shape index (κ1) is 14.6. The molecule has 5 nitrogen and oxygen atoms in total. The van der Waals surface area contributed by atoms with Crippen LogP contribution in [0.2, 0.25) is 0 Å². The van der Waals surface area contributed by atoms with E-state index in [1.807, 2.05) is 17.1 Å². The SMILES string of the molecule is COCC1CCN(C(=O)[C@H]2C3C=CC(C3)[C@H]2C(=O)O)CC1. The number of likely N-dealkylation sites (tertiary alicyclic amines) is 1. The second kappa shape index (κ2) is 5.79. The molecular formula is C16H23NO4. The summed E-state index contributed by atoms with van der Waals surface area (Å²) in [5.41, 5.74) is 0. The molecule has 116 valence electrons. The minimum Gasteiger partial charge on any atom is -0.481 e. The van der Waals surface area contributed by atoms with Gasteiger partial charge in [-0.15, -0.1) is 0 Å². The van der Waals surface area contributed by atoms with E-state index in [1.165, 1.54) is 0 Å². The molecule has 2 unspecified atom stereocenters. The molecule has 3 rings (SSSR count). The molecule has 2 bridgehead atoms. The van der Waals surface area contributed by atoms with Gasteiger partial charge in [-0.05, 0) is 37.0 Å². The third-order valence-corrected chi connectivity index (χ3v) is 5.36. The molecule has 21 heavy (non-hydrogen) atoms. The Kier molecular flexibility index (Phi) is 4.02. The van der Waals surface area contributed by atoms with Crippen LogP contribution in [0.25, 0.3) is 0 Å². The molecule has 0 aromatic heterocycles. The molecule has 0 aromatic carbocycles. The topological polar surface area (TPSA) is 66.8 Å². The Balaban J connectivity index is 1.66. The molecule has 2 aliphatic carbocycles. The maximum Gasteiger partial charge on any atom is 0.307 e. The lowest BCUT2D eigenvalue weighted by atomic mass is 9.81. The van der Waals surface area contributed by atoms with Crippen molar-refractivity contribution in [3.63, 3.8) is 0 Å². The number of carboxylic acids is 1. The Bertz CT molecular complexity index is 453. The van der Waals surface area contributed by atoms with Gasteiger partial charge in [-0.3, -0.25) is 9.59 Å². The predicted molar refractivity (Wildman–Crippen MR) is 76.5 cm³/mol. The first-order valence-electron chi connectivity index (χ1n) is 7.80. The molecule has 1 heterocycles. The van der Waals surface area contributed by atoms with E-state index in [2.05, 4.69) is 0 Å². The van der Waals surface area contributed by atoms with Crippen LogP contribution in [-0.2, 0) is 14.3 Å². The quantitative estimate of drug-likeness (QED) is 0.796. The summed E-state index contributed by atoms with van der Waals surface area (Å²) in [4.78, 5) is 26.1. The zero-order valence-corrected chi connectivity index (χ0v) is 12.4. The zero-order chi connectivity index (χ0) is 15.0. The highest BCUT2D eigenvalue weighted by Gasteiger charge is 2.52. The fraction of sp³-hybridized carbons (Fsp3) is 0.750. The Hall–Kier alpha value is -1.36. The minimum absolute atomic E-state index is 0.0486. The van der Waals surface area contributed by atoms with Gasteiger partial charge in [0, 0.05) is 26.8 Å². The van der Waals surface area contributed by atoms with E-state index in [0.29, 0.717) is 5.92 Å². The molecule has 5 heteroatoms. The van der Waals surface area contributed by atoms with Crippen molar-refractivity contribution in [2.45, 2.75) is 19.3 Å². The molecule has 3 aliphatic rings. The smallest absolute Gasteiger partial charge is 0.307 e. The van der Waals surface area contributed by atoms with E-state index in [0.717, 1.165) is 39.0 Å². The molecule has 1 aliphatic heterocycles. The number of aliphatic carboxylic acids is 1. The summed E-state index contributed by atoms with van der Waals surface area (Å²) in [5.74, 6) is -0.947. The van der Waals surface area contributed by atoms with Gasteiger partial charge in [0.25, 0.3) is 0 Å². The van der Waals surface area contributed by atoms with E-state index in [1.54, 1.807) is 7.11 Å². The van der Waals surface area contributed by atoms with Crippen LogP contribution in [-0.4, -0.2) is 48.7 Å². The van der Waals surface area contributed by atoms with Gasteiger partial charge in [-0.25, -0.2) is 0 Å². The molecule has 0 spiro atoms. The maximum atomic E-state index is 12.8. The Morgan fingerprint density at radius 3 is 2.38 bits per heavy atom. The van der Waals surface area contributed by atoms with Crippen molar-refractivity contribution >= 4 is 11.9 Å². The van der Waals surface area contributed by atoms with Crippen LogP contribution in [0.4, 0.5) is 0 Å². The molecule has 2 fully saturated rings. The Morgan fingerprint density at radius 1 is 1.19 bits per heavy atom.